The molecule has 29 heavy (non-hydrogen) atoms. The van der Waals surface area contributed by atoms with Crippen LogP contribution in [0.3, 0.4) is 0 Å². The van der Waals surface area contributed by atoms with E-state index in [1.165, 1.54) is 10.6 Å². The van der Waals surface area contributed by atoms with Crippen LogP contribution in [0, 0.1) is 6.92 Å². The van der Waals surface area contributed by atoms with Gasteiger partial charge in [-0.2, -0.15) is 0 Å². The van der Waals surface area contributed by atoms with Crippen molar-refractivity contribution in [2.45, 2.75) is 13.5 Å². The first-order valence-corrected chi connectivity index (χ1v) is 11.2. The third kappa shape index (κ3) is 5.37. The maximum absolute atomic E-state index is 12.4. The second kappa shape index (κ2) is 8.68. The number of carbonyl (C=O) groups is 1. The van der Waals surface area contributed by atoms with Gasteiger partial charge in [-0.05, 0) is 66.6 Å². The van der Waals surface area contributed by atoms with Gasteiger partial charge < -0.3 is 5.32 Å². The first-order valence-electron chi connectivity index (χ1n) is 8.93. The Bertz CT molecular complexity index is 1110. The minimum atomic E-state index is -3.50. The monoisotopic (exact) mass is 428 g/mol. The molecule has 0 aliphatic carbocycles. The molecule has 0 saturated heterocycles. The molecule has 0 heterocycles. The van der Waals surface area contributed by atoms with Crippen molar-refractivity contribution in [3.8, 4) is 0 Å². The largest absolute Gasteiger partial charge is 0.322 e. The molecular formula is C22H21ClN2O3S. The zero-order chi connectivity index (χ0) is 21.0. The van der Waals surface area contributed by atoms with E-state index in [9.17, 15) is 13.2 Å². The van der Waals surface area contributed by atoms with Crippen molar-refractivity contribution in [2.75, 3.05) is 15.9 Å². The van der Waals surface area contributed by atoms with Gasteiger partial charge in [0.15, 0.2) is 0 Å². The van der Waals surface area contributed by atoms with Gasteiger partial charge in [-0.3, -0.25) is 9.10 Å². The highest BCUT2D eigenvalue weighted by atomic mass is 35.5. The minimum absolute atomic E-state index is 0.224. The number of carbonyl (C=O) groups excluding carboxylic acids is 1. The van der Waals surface area contributed by atoms with E-state index in [0.717, 1.165) is 11.1 Å². The smallest absolute Gasteiger partial charge is 0.255 e. The third-order valence-electron chi connectivity index (χ3n) is 4.50. The highest BCUT2D eigenvalue weighted by molar-refractivity contribution is 7.92. The van der Waals surface area contributed by atoms with Crippen LogP contribution in [0.1, 0.15) is 21.5 Å². The summed E-state index contributed by atoms with van der Waals surface area (Å²) in [6.45, 7) is 2.17. The molecule has 3 aromatic carbocycles. The normalized spacial score (nSPS) is 11.1. The predicted octanol–water partition coefficient (Wildman–Crippen LogP) is 4.87. The molecule has 150 valence electrons. The highest BCUT2D eigenvalue weighted by Crippen LogP contribution is 2.23. The van der Waals surface area contributed by atoms with Gasteiger partial charge in [0.25, 0.3) is 5.91 Å². The number of hydrogen-bond donors (Lipinski definition) is 1. The number of rotatable bonds is 6. The molecule has 0 atom stereocenters. The molecule has 1 N–H and O–H groups in total. The SMILES string of the molecule is Cc1ccccc1CN(c1ccc(C(=O)Nc2ccc(Cl)cc2)cc1)S(C)(=O)=O. The molecule has 5 nitrogen and oxygen atoms in total. The fourth-order valence-corrected chi connectivity index (χ4v) is 3.86. The maximum atomic E-state index is 12.4. The molecule has 0 fully saturated rings. The Morgan fingerprint density at radius 1 is 0.966 bits per heavy atom. The van der Waals surface area contributed by atoms with E-state index < -0.39 is 10.0 Å². The van der Waals surface area contributed by atoms with Crippen LogP contribution in [-0.4, -0.2) is 20.6 Å². The van der Waals surface area contributed by atoms with E-state index in [-0.39, 0.29) is 12.5 Å². The lowest BCUT2D eigenvalue weighted by Crippen LogP contribution is -2.29. The number of aryl methyl sites for hydroxylation is 1. The molecular weight excluding hydrogens is 408 g/mol. The Kier molecular flexibility index (Phi) is 6.25. The zero-order valence-electron chi connectivity index (χ0n) is 16.1. The van der Waals surface area contributed by atoms with Crippen LogP contribution >= 0.6 is 11.6 Å². The molecule has 0 spiro atoms. The van der Waals surface area contributed by atoms with Crippen LogP contribution in [0.5, 0.6) is 0 Å². The van der Waals surface area contributed by atoms with Crippen LogP contribution in [0.2, 0.25) is 5.02 Å². The second-order valence-electron chi connectivity index (χ2n) is 6.70. The molecule has 0 aromatic heterocycles. The average Bonchev–Trinajstić information content (AvgIpc) is 2.68. The van der Waals surface area contributed by atoms with Crippen molar-refractivity contribution < 1.29 is 13.2 Å². The van der Waals surface area contributed by atoms with Gasteiger partial charge >= 0.3 is 0 Å². The van der Waals surface area contributed by atoms with E-state index in [4.69, 9.17) is 11.6 Å². The van der Waals surface area contributed by atoms with Crippen molar-refractivity contribution >= 4 is 38.9 Å². The number of sulfonamides is 1. The van der Waals surface area contributed by atoms with E-state index >= 15 is 0 Å². The molecule has 0 aliphatic heterocycles. The van der Waals surface area contributed by atoms with Crippen molar-refractivity contribution in [3.63, 3.8) is 0 Å². The molecule has 3 rings (SSSR count). The molecule has 0 aliphatic rings. The Morgan fingerprint density at radius 2 is 1.59 bits per heavy atom. The van der Waals surface area contributed by atoms with Crippen molar-refractivity contribution in [2.24, 2.45) is 0 Å². The number of hydrogen-bond acceptors (Lipinski definition) is 3. The lowest BCUT2D eigenvalue weighted by molar-refractivity contribution is 0.102. The van der Waals surface area contributed by atoms with Crippen LogP contribution in [0.15, 0.2) is 72.8 Å². The van der Waals surface area contributed by atoms with Crippen molar-refractivity contribution in [3.05, 3.63) is 94.5 Å². The van der Waals surface area contributed by atoms with Crippen molar-refractivity contribution in [1.82, 2.24) is 0 Å². The fraction of sp³-hybridized carbons (Fsp3) is 0.136. The van der Waals surface area contributed by atoms with Gasteiger partial charge in [0.2, 0.25) is 10.0 Å². The standard InChI is InChI=1S/C22H21ClN2O3S/c1-16-5-3-4-6-18(16)15-25(29(2,27)28)21-13-7-17(8-14-21)22(26)24-20-11-9-19(23)10-12-20/h3-14H,15H2,1-2H3,(H,24,26). The van der Waals surface area contributed by atoms with Crippen LogP contribution in [0.25, 0.3) is 0 Å². The van der Waals surface area contributed by atoms with Gasteiger partial charge in [-0.25, -0.2) is 8.42 Å². The first kappa shape index (κ1) is 20.9. The summed E-state index contributed by atoms with van der Waals surface area (Å²) in [5.41, 5.74) is 3.48. The quantitative estimate of drug-likeness (QED) is 0.609. The number of nitrogens with one attached hydrogen (secondary N) is 1. The average molecular weight is 429 g/mol. The Morgan fingerprint density at radius 3 is 2.17 bits per heavy atom. The summed E-state index contributed by atoms with van der Waals surface area (Å²) >= 11 is 5.85. The van der Waals surface area contributed by atoms with E-state index in [2.05, 4.69) is 5.32 Å². The predicted molar refractivity (Wildman–Crippen MR) is 118 cm³/mol. The number of nitrogens with zero attached hydrogens (tertiary/aromatic N) is 1. The van der Waals surface area contributed by atoms with Gasteiger partial charge in [0, 0.05) is 16.3 Å². The summed E-state index contributed by atoms with van der Waals surface area (Å²) in [5.74, 6) is -0.288. The highest BCUT2D eigenvalue weighted by Gasteiger charge is 2.19. The van der Waals surface area contributed by atoms with Crippen LogP contribution in [-0.2, 0) is 16.6 Å². The number of benzene rings is 3. The summed E-state index contributed by atoms with van der Waals surface area (Å²) in [6.07, 6.45) is 1.17. The van der Waals surface area contributed by atoms with E-state index in [1.807, 2.05) is 31.2 Å². The summed E-state index contributed by atoms with van der Waals surface area (Å²) in [6, 6.07) is 20.9. The summed E-state index contributed by atoms with van der Waals surface area (Å²) in [5, 5.41) is 3.37. The second-order valence-corrected chi connectivity index (χ2v) is 9.05. The molecule has 7 heteroatoms. The molecule has 0 unspecified atom stereocenters. The van der Waals surface area contributed by atoms with Gasteiger partial charge in [0.1, 0.15) is 0 Å². The van der Waals surface area contributed by atoms with Gasteiger partial charge in [-0.1, -0.05) is 35.9 Å². The van der Waals surface area contributed by atoms with E-state index in [0.29, 0.717) is 22.0 Å². The van der Waals surface area contributed by atoms with Crippen molar-refractivity contribution in [1.29, 1.82) is 0 Å². The zero-order valence-corrected chi connectivity index (χ0v) is 17.7. The molecule has 3 aromatic rings. The summed E-state index contributed by atoms with van der Waals surface area (Å²) < 4.78 is 26.1. The van der Waals surface area contributed by atoms with Gasteiger partial charge in [0.05, 0.1) is 18.5 Å². The number of anilines is 2. The fourth-order valence-electron chi connectivity index (χ4n) is 2.86. The molecule has 0 bridgehead atoms. The maximum Gasteiger partial charge on any atom is 0.255 e. The Hall–Kier alpha value is -2.83. The lowest BCUT2D eigenvalue weighted by atomic mass is 10.1. The molecule has 0 saturated carbocycles. The lowest BCUT2D eigenvalue weighted by Gasteiger charge is -2.23. The van der Waals surface area contributed by atoms with Crippen LogP contribution < -0.4 is 9.62 Å². The molecule has 1 amide bonds. The number of amides is 1. The summed E-state index contributed by atoms with van der Waals surface area (Å²) in [4.78, 5) is 12.4. The Labute approximate surface area is 176 Å². The minimum Gasteiger partial charge on any atom is -0.322 e. The molecule has 0 radical (unpaired) electrons. The van der Waals surface area contributed by atoms with Gasteiger partial charge in [-0.15, -0.1) is 0 Å². The Balaban J connectivity index is 1.81. The summed E-state index contributed by atoms with van der Waals surface area (Å²) in [7, 11) is -3.50. The van der Waals surface area contributed by atoms with Crippen LogP contribution in [0.4, 0.5) is 11.4 Å². The third-order valence-corrected chi connectivity index (χ3v) is 5.89. The topological polar surface area (TPSA) is 66.5 Å². The number of halogens is 1. The van der Waals surface area contributed by atoms with E-state index in [1.54, 1.807) is 48.5 Å². The first-order chi connectivity index (χ1) is 13.7.